The van der Waals surface area contributed by atoms with E-state index in [9.17, 15) is 4.79 Å². The molecule has 1 aromatic carbocycles. The van der Waals surface area contributed by atoms with Gasteiger partial charge in [-0.05, 0) is 24.3 Å². The maximum atomic E-state index is 12.4. The molecule has 0 amide bonds. The van der Waals surface area contributed by atoms with Crippen molar-refractivity contribution in [2.24, 2.45) is 0 Å². The number of ketones is 1. The normalized spacial score (nSPS) is 14.7. The number of alkyl halides is 1. The smallest absolute Gasteiger partial charge is 0.182 e. The summed E-state index contributed by atoms with van der Waals surface area (Å²) >= 11 is 3.37. The maximum Gasteiger partial charge on any atom is 0.182 e. The average Bonchev–Trinajstić information content (AvgIpc) is 2.54. The van der Waals surface area contributed by atoms with E-state index < -0.39 is 4.83 Å². The van der Waals surface area contributed by atoms with Gasteiger partial charge in [-0.25, -0.2) is 9.97 Å². The van der Waals surface area contributed by atoms with Gasteiger partial charge in [0.15, 0.2) is 17.3 Å². The summed E-state index contributed by atoms with van der Waals surface area (Å²) in [5.74, 6) is 1.19. The molecule has 1 unspecified atom stereocenters. The van der Waals surface area contributed by atoms with Crippen molar-refractivity contribution < 1.29 is 14.3 Å². The van der Waals surface area contributed by atoms with E-state index in [-0.39, 0.29) is 5.78 Å². The first-order chi connectivity index (χ1) is 9.75. The number of halogens is 1. The second-order valence-electron chi connectivity index (χ2n) is 4.22. The number of fused-ring (bicyclic) bond motifs is 1. The van der Waals surface area contributed by atoms with Crippen LogP contribution in [0.4, 0.5) is 0 Å². The van der Waals surface area contributed by atoms with Crippen molar-refractivity contribution in [2.75, 3.05) is 13.2 Å². The zero-order valence-corrected chi connectivity index (χ0v) is 12.0. The standard InChI is InChI=1S/C14H11BrN2O3/c15-13(10-3-4-16-8-17-10)14(18)9-1-2-11-12(7-9)20-6-5-19-11/h1-4,7-8,13H,5-6H2. The van der Waals surface area contributed by atoms with E-state index in [1.54, 1.807) is 30.5 Å². The molecule has 0 bridgehead atoms. The Morgan fingerprint density at radius 1 is 1.20 bits per heavy atom. The van der Waals surface area contributed by atoms with Gasteiger partial charge in [-0.15, -0.1) is 0 Å². The van der Waals surface area contributed by atoms with E-state index in [2.05, 4.69) is 25.9 Å². The monoisotopic (exact) mass is 334 g/mol. The number of hydrogen-bond acceptors (Lipinski definition) is 5. The van der Waals surface area contributed by atoms with Crippen LogP contribution in [0.5, 0.6) is 11.5 Å². The van der Waals surface area contributed by atoms with Crippen molar-refractivity contribution in [1.82, 2.24) is 9.97 Å². The molecule has 2 aromatic rings. The molecule has 0 fully saturated rings. The number of nitrogens with zero attached hydrogens (tertiary/aromatic N) is 2. The number of hydrogen-bond donors (Lipinski definition) is 0. The summed E-state index contributed by atoms with van der Waals surface area (Å²) < 4.78 is 10.9. The number of Topliss-reactive ketones (excluding diaryl/α,β-unsaturated/α-hetero) is 1. The van der Waals surface area contributed by atoms with Crippen molar-refractivity contribution in [3.63, 3.8) is 0 Å². The van der Waals surface area contributed by atoms with Crippen LogP contribution < -0.4 is 9.47 Å². The Morgan fingerprint density at radius 3 is 2.75 bits per heavy atom. The maximum absolute atomic E-state index is 12.4. The van der Waals surface area contributed by atoms with Gasteiger partial charge < -0.3 is 9.47 Å². The minimum Gasteiger partial charge on any atom is -0.486 e. The van der Waals surface area contributed by atoms with Gasteiger partial charge >= 0.3 is 0 Å². The van der Waals surface area contributed by atoms with E-state index in [1.807, 2.05) is 0 Å². The lowest BCUT2D eigenvalue weighted by Crippen LogP contribution is -2.16. The largest absolute Gasteiger partial charge is 0.486 e. The molecule has 0 saturated carbocycles. The van der Waals surface area contributed by atoms with Crippen LogP contribution in [0, 0.1) is 0 Å². The number of ether oxygens (including phenoxy) is 2. The van der Waals surface area contributed by atoms with E-state index in [4.69, 9.17) is 9.47 Å². The average molecular weight is 335 g/mol. The molecule has 20 heavy (non-hydrogen) atoms. The minimum absolute atomic E-state index is 0.0827. The summed E-state index contributed by atoms with van der Waals surface area (Å²) in [5.41, 5.74) is 1.18. The third-order valence-corrected chi connectivity index (χ3v) is 3.81. The molecule has 1 aromatic heterocycles. The molecular weight excluding hydrogens is 324 g/mol. The lowest BCUT2D eigenvalue weighted by molar-refractivity contribution is 0.0989. The zero-order chi connectivity index (χ0) is 13.9. The summed E-state index contributed by atoms with van der Waals surface area (Å²) in [6.45, 7) is 1.02. The molecule has 0 spiro atoms. The quantitative estimate of drug-likeness (QED) is 0.637. The van der Waals surface area contributed by atoms with Crippen LogP contribution in [0.25, 0.3) is 0 Å². The zero-order valence-electron chi connectivity index (χ0n) is 10.5. The Hall–Kier alpha value is -1.95. The lowest BCUT2D eigenvalue weighted by Gasteiger charge is -2.19. The van der Waals surface area contributed by atoms with Gasteiger partial charge in [-0.1, -0.05) is 15.9 Å². The fourth-order valence-electron chi connectivity index (χ4n) is 1.93. The van der Waals surface area contributed by atoms with Crippen molar-refractivity contribution in [1.29, 1.82) is 0 Å². The topological polar surface area (TPSA) is 61.3 Å². The molecule has 3 rings (SSSR count). The van der Waals surface area contributed by atoms with Crippen LogP contribution in [0.15, 0.2) is 36.8 Å². The summed E-state index contributed by atoms with van der Waals surface area (Å²) in [4.78, 5) is 19.8. The SMILES string of the molecule is O=C(c1ccc2c(c1)OCCO2)C(Br)c1ccncn1. The van der Waals surface area contributed by atoms with Crippen LogP contribution in [0.2, 0.25) is 0 Å². The van der Waals surface area contributed by atoms with E-state index in [1.165, 1.54) is 6.33 Å². The minimum atomic E-state index is -0.506. The third-order valence-electron chi connectivity index (χ3n) is 2.92. The van der Waals surface area contributed by atoms with Crippen molar-refractivity contribution in [3.8, 4) is 11.5 Å². The molecule has 0 aliphatic carbocycles. The molecule has 6 heteroatoms. The second kappa shape index (κ2) is 5.58. The van der Waals surface area contributed by atoms with Gasteiger partial charge in [0.05, 0.1) is 5.69 Å². The Bertz CT molecular complexity index is 634. The van der Waals surface area contributed by atoms with Crippen molar-refractivity contribution >= 4 is 21.7 Å². The number of aromatic nitrogens is 2. The lowest BCUT2D eigenvalue weighted by atomic mass is 10.1. The predicted octanol–water partition coefficient (Wildman–Crippen LogP) is 2.57. The van der Waals surface area contributed by atoms with E-state index in [0.717, 1.165) is 0 Å². The van der Waals surface area contributed by atoms with Crippen LogP contribution in [-0.4, -0.2) is 29.0 Å². The number of benzene rings is 1. The van der Waals surface area contributed by atoms with Gasteiger partial charge in [0.2, 0.25) is 0 Å². The molecule has 1 aliphatic heterocycles. The molecule has 1 atom stereocenters. The fourth-order valence-corrected chi connectivity index (χ4v) is 2.46. The highest BCUT2D eigenvalue weighted by Crippen LogP contribution is 2.33. The Kier molecular flexibility index (Phi) is 3.64. The van der Waals surface area contributed by atoms with Crippen LogP contribution in [0.3, 0.4) is 0 Å². The van der Waals surface area contributed by atoms with Gasteiger partial charge in [-0.2, -0.15) is 0 Å². The Labute approximate surface area is 124 Å². The Balaban J connectivity index is 1.87. The van der Waals surface area contributed by atoms with Gasteiger partial charge in [-0.3, -0.25) is 4.79 Å². The molecule has 5 nitrogen and oxygen atoms in total. The fraction of sp³-hybridized carbons (Fsp3) is 0.214. The molecule has 0 N–H and O–H groups in total. The van der Waals surface area contributed by atoms with Gasteiger partial charge in [0, 0.05) is 11.8 Å². The Morgan fingerprint density at radius 2 is 2.00 bits per heavy atom. The summed E-state index contributed by atoms with van der Waals surface area (Å²) in [5, 5.41) is 0. The van der Waals surface area contributed by atoms with E-state index >= 15 is 0 Å². The highest BCUT2D eigenvalue weighted by molar-refractivity contribution is 9.09. The third kappa shape index (κ3) is 2.51. The first kappa shape index (κ1) is 13.1. The summed E-state index contributed by atoms with van der Waals surface area (Å²) in [6, 6.07) is 6.88. The van der Waals surface area contributed by atoms with Gasteiger partial charge in [0.1, 0.15) is 24.4 Å². The number of rotatable bonds is 3. The molecule has 0 saturated heterocycles. The van der Waals surface area contributed by atoms with E-state index in [0.29, 0.717) is 36.0 Å². The first-order valence-corrected chi connectivity index (χ1v) is 7.01. The second-order valence-corrected chi connectivity index (χ2v) is 5.14. The molecule has 102 valence electrons. The predicted molar refractivity (Wildman–Crippen MR) is 75.5 cm³/mol. The molecular formula is C14H11BrN2O3. The summed E-state index contributed by atoms with van der Waals surface area (Å²) in [7, 11) is 0. The molecule has 0 radical (unpaired) electrons. The number of carbonyl (C=O) groups excluding carboxylic acids is 1. The highest BCUT2D eigenvalue weighted by Gasteiger charge is 2.22. The van der Waals surface area contributed by atoms with Crippen molar-refractivity contribution in [3.05, 3.63) is 48.0 Å². The highest BCUT2D eigenvalue weighted by atomic mass is 79.9. The first-order valence-electron chi connectivity index (χ1n) is 6.09. The van der Waals surface area contributed by atoms with Crippen LogP contribution in [0.1, 0.15) is 20.9 Å². The number of carbonyl (C=O) groups is 1. The van der Waals surface area contributed by atoms with Crippen LogP contribution >= 0.6 is 15.9 Å². The van der Waals surface area contributed by atoms with Crippen LogP contribution in [-0.2, 0) is 0 Å². The summed E-state index contributed by atoms with van der Waals surface area (Å²) in [6.07, 6.45) is 3.02. The van der Waals surface area contributed by atoms with Crippen molar-refractivity contribution in [2.45, 2.75) is 4.83 Å². The molecule has 1 aliphatic rings. The van der Waals surface area contributed by atoms with Gasteiger partial charge in [0.25, 0.3) is 0 Å². The molecule has 2 heterocycles.